The minimum atomic E-state index is -0.707. The van der Waals surface area contributed by atoms with Gasteiger partial charge in [-0.2, -0.15) is 0 Å². The first-order valence-corrected chi connectivity index (χ1v) is 8.79. The van der Waals surface area contributed by atoms with Crippen LogP contribution in [0.4, 0.5) is 0 Å². The van der Waals surface area contributed by atoms with Crippen molar-refractivity contribution in [1.29, 1.82) is 0 Å². The molecular weight excluding hydrogens is 386 g/mol. The number of methoxy groups -OCH3 is 3. The van der Waals surface area contributed by atoms with Gasteiger partial charge in [0.15, 0.2) is 6.61 Å². The van der Waals surface area contributed by atoms with Crippen LogP contribution in [-0.4, -0.2) is 39.8 Å². The van der Waals surface area contributed by atoms with Crippen LogP contribution in [0.1, 0.15) is 28.9 Å². The van der Waals surface area contributed by atoms with Gasteiger partial charge in [-0.15, -0.1) is 0 Å². The van der Waals surface area contributed by atoms with Gasteiger partial charge in [-0.25, -0.2) is 4.79 Å². The molecule has 1 N–H and O–H groups in total. The van der Waals surface area contributed by atoms with Crippen molar-refractivity contribution in [2.24, 2.45) is 0 Å². The van der Waals surface area contributed by atoms with Crippen LogP contribution in [0.25, 0.3) is 0 Å². The number of carbonyl (C=O) groups excluding carboxylic acids is 2. The predicted molar refractivity (Wildman–Crippen MR) is 104 cm³/mol. The first-order chi connectivity index (χ1) is 13.4. The number of nitrogens with one attached hydrogen (secondary N) is 1. The summed E-state index contributed by atoms with van der Waals surface area (Å²) in [6.07, 6.45) is 0. The molecule has 0 aromatic heterocycles. The molecule has 0 unspecified atom stereocenters. The average molecular weight is 408 g/mol. The molecule has 0 heterocycles. The molecule has 0 aliphatic carbocycles. The highest BCUT2D eigenvalue weighted by Crippen LogP contribution is 2.29. The lowest BCUT2D eigenvalue weighted by atomic mass is 10.1. The molecule has 1 atom stereocenters. The molecule has 1 amide bonds. The Kier molecular flexibility index (Phi) is 7.52. The summed E-state index contributed by atoms with van der Waals surface area (Å²) >= 11 is 5.91. The Hall–Kier alpha value is -2.93. The number of amides is 1. The molecule has 0 saturated carbocycles. The van der Waals surface area contributed by atoms with E-state index in [1.54, 1.807) is 51.5 Å². The Morgan fingerprint density at radius 3 is 2.32 bits per heavy atom. The second-order valence-corrected chi connectivity index (χ2v) is 6.25. The number of hydrogen-bond donors (Lipinski definition) is 1. The molecule has 28 heavy (non-hydrogen) atoms. The fourth-order valence-electron chi connectivity index (χ4n) is 2.59. The Labute approximate surface area is 168 Å². The van der Waals surface area contributed by atoms with Crippen LogP contribution in [0, 0.1) is 0 Å². The van der Waals surface area contributed by atoms with Gasteiger partial charge >= 0.3 is 5.97 Å². The topological polar surface area (TPSA) is 83.1 Å². The van der Waals surface area contributed by atoms with Crippen molar-refractivity contribution in [1.82, 2.24) is 5.32 Å². The first-order valence-electron chi connectivity index (χ1n) is 8.41. The molecule has 0 bridgehead atoms. The molecule has 2 aromatic rings. The molecule has 0 aliphatic heterocycles. The molecule has 2 rings (SSSR count). The zero-order valence-corrected chi connectivity index (χ0v) is 16.8. The van der Waals surface area contributed by atoms with Crippen LogP contribution in [0.3, 0.4) is 0 Å². The van der Waals surface area contributed by atoms with E-state index in [1.165, 1.54) is 13.2 Å². The van der Waals surface area contributed by atoms with E-state index in [0.29, 0.717) is 22.3 Å². The number of carbonyl (C=O) groups is 2. The van der Waals surface area contributed by atoms with E-state index in [1.807, 2.05) is 0 Å². The van der Waals surface area contributed by atoms with E-state index in [-0.39, 0.29) is 5.56 Å². The van der Waals surface area contributed by atoms with Crippen molar-refractivity contribution in [3.8, 4) is 17.2 Å². The van der Waals surface area contributed by atoms with Crippen LogP contribution < -0.4 is 19.5 Å². The standard InChI is InChI=1S/C20H22ClNO6/c1-12(15-10-14(25-2)6-8-17(15)26-3)22-19(23)11-28-20(24)16-9-13(21)5-7-18(16)27-4/h5-10,12H,11H2,1-4H3,(H,22,23)/t12-/m0/s1. The lowest BCUT2D eigenvalue weighted by Gasteiger charge is -2.18. The fourth-order valence-corrected chi connectivity index (χ4v) is 2.76. The van der Waals surface area contributed by atoms with Gasteiger partial charge in [0.05, 0.1) is 27.4 Å². The van der Waals surface area contributed by atoms with E-state index in [4.69, 9.17) is 30.5 Å². The largest absolute Gasteiger partial charge is 0.497 e. The van der Waals surface area contributed by atoms with Crippen LogP contribution >= 0.6 is 11.6 Å². The summed E-state index contributed by atoms with van der Waals surface area (Å²) in [7, 11) is 4.52. The zero-order chi connectivity index (χ0) is 20.7. The molecule has 0 spiro atoms. The summed E-state index contributed by atoms with van der Waals surface area (Å²) in [4.78, 5) is 24.5. The SMILES string of the molecule is COc1ccc(OC)c([C@H](C)NC(=O)COC(=O)c2cc(Cl)ccc2OC)c1. The maximum Gasteiger partial charge on any atom is 0.342 e. The number of rotatable bonds is 8. The number of ether oxygens (including phenoxy) is 4. The Morgan fingerprint density at radius 1 is 1.00 bits per heavy atom. The average Bonchev–Trinajstić information content (AvgIpc) is 2.71. The van der Waals surface area contributed by atoms with Crippen molar-refractivity contribution >= 4 is 23.5 Å². The molecule has 0 saturated heterocycles. The smallest absolute Gasteiger partial charge is 0.342 e. The third-order valence-corrected chi connectivity index (χ3v) is 4.23. The lowest BCUT2D eigenvalue weighted by Crippen LogP contribution is -2.31. The van der Waals surface area contributed by atoms with Crippen LogP contribution in [0.5, 0.6) is 17.2 Å². The fraction of sp³-hybridized carbons (Fsp3) is 0.300. The summed E-state index contributed by atoms with van der Waals surface area (Å²) in [5, 5.41) is 3.12. The van der Waals surface area contributed by atoms with Gasteiger partial charge in [0.25, 0.3) is 5.91 Å². The van der Waals surface area contributed by atoms with Crippen molar-refractivity contribution in [3.63, 3.8) is 0 Å². The second kappa shape index (κ2) is 9.85. The summed E-state index contributed by atoms with van der Waals surface area (Å²) in [6, 6.07) is 9.46. The van der Waals surface area contributed by atoms with Gasteiger partial charge in [0.1, 0.15) is 22.8 Å². The minimum Gasteiger partial charge on any atom is -0.497 e. The molecule has 0 radical (unpaired) electrons. The molecule has 2 aromatic carbocycles. The van der Waals surface area contributed by atoms with Crippen molar-refractivity contribution in [2.75, 3.05) is 27.9 Å². The van der Waals surface area contributed by atoms with Gasteiger partial charge in [-0.05, 0) is 43.3 Å². The molecule has 0 fully saturated rings. The van der Waals surface area contributed by atoms with E-state index < -0.39 is 24.5 Å². The van der Waals surface area contributed by atoms with E-state index in [2.05, 4.69) is 5.32 Å². The van der Waals surface area contributed by atoms with Gasteiger partial charge in [-0.3, -0.25) is 4.79 Å². The highest BCUT2D eigenvalue weighted by atomic mass is 35.5. The van der Waals surface area contributed by atoms with Crippen molar-refractivity contribution in [3.05, 3.63) is 52.5 Å². The Balaban J connectivity index is 2.01. The Bertz CT molecular complexity index is 855. The maximum atomic E-state index is 12.2. The third-order valence-electron chi connectivity index (χ3n) is 4.00. The van der Waals surface area contributed by atoms with Crippen LogP contribution in [-0.2, 0) is 9.53 Å². The minimum absolute atomic E-state index is 0.144. The van der Waals surface area contributed by atoms with Gasteiger partial charge < -0.3 is 24.3 Å². The van der Waals surface area contributed by atoms with E-state index in [9.17, 15) is 9.59 Å². The third kappa shape index (κ3) is 5.29. The van der Waals surface area contributed by atoms with E-state index in [0.717, 1.165) is 5.56 Å². The summed E-state index contributed by atoms with van der Waals surface area (Å²) in [6.45, 7) is 1.34. The normalized spacial score (nSPS) is 11.3. The highest BCUT2D eigenvalue weighted by Gasteiger charge is 2.19. The monoisotopic (exact) mass is 407 g/mol. The number of hydrogen-bond acceptors (Lipinski definition) is 6. The molecule has 7 nitrogen and oxygen atoms in total. The summed E-state index contributed by atoms with van der Waals surface area (Å²) in [5.74, 6) is 0.378. The van der Waals surface area contributed by atoms with Gasteiger partial charge in [-0.1, -0.05) is 11.6 Å². The first kappa shape index (κ1) is 21.4. The highest BCUT2D eigenvalue weighted by molar-refractivity contribution is 6.31. The van der Waals surface area contributed by atoms with Crippen LogP contribution in [0.2, 0.25) is 5.02 Å². The second-order valence-electron chi connectivity index (χ2n) is 5.82. The number of halogens is 1. The summed E-state index contributed by atoms with van der Waals surface area (Å²) in [5.41, 5.74) is 0.878. The van der Waals surface area contributed by atoms with Crippen LogP contribution in [0.15, 0.2) is 36.4 Å². The zero-order valence-electron chi connectivity index (χ0n) is 16.1. The van der Waals surface area contributed by atoms with Gasteiger partial charge in [0.2, 0.25) is 0 Å². The lowest BCUT2D eigenvalue weighted by molar-refractivity contribution is -0.124. The van der Waals surface area contributed by atoms with Crippen molar-refractivity contribution in [2.45, 2.75) is 13.0 Å². The number of benzene rings is 2. The van der Waals surface area contributed by atoms with E-state index >= 15 is 0 Å². The predicted octanol–water partition coefficient (Wildman–Crippen LogP) is 3.40. The quantitative estimate of drug-likeness (QED) is 0.675. The maximum absolute atomic E-state index is 12.2. The molecule has 150 valence electrons. The molecule has 8 heteroatoms. The van der Waals surface area contributed by atoms with Crippen molar-refractivity contribution < 1.29 is 28.5 Å². The Morgan fingerprint density at radius 2 is 1.68 bits per heavy atom. The molecular formula is C20H22ClNO6. The summed E-state index contributed by atoms with van der Waals surface area (Å²) < 4.78 is 20.7. The molecule has 0 aliphatic rings. The van der Waals surface area contributed by atoms with Gasteiger partial charge in [0, 0.05) is 10.6 Å². The number of esters is 1.